The maximum atomic E-state index is 13.1. The summed E-state index contributed by atoms with van der Waals surface area (Å²) in [6.07, 6.45) is 3.53. The van der Waals surface area contributed by atoms with Crippen LogP contribution in [0.1, 0.15) is 24.1 Å². The number of aromatic nitrogens is 1. The number of likely N-dealkylation sites (tertiary alicyclic amines) is 1. The average molecular weight is 234 g/mol. The molecule has 0 aromatic carbocycles. The average Bonchev–Trinajstić information content (AvgIpc) is 2.74. The summed E-state index contributed by atoms with van der Waals surface area (Å²) in [6.45, 7) is 7.44. The van der Waals surface area contributed by atoms with Crippen LogP contribution in [0.4, 0.5) is 4.39 Å². The van der Waals surface area contributed by atoms with Crippen LogP contribution >= 0.6 is 0 Å². The standard InChI is InChI=1S/C14H19FN2/c1-11-4-3-8-16-14(11)6-5-12(2)17-9-7-13(15)10-17/h3-4,8,13H,2,5-7,9-10H2,1H3. The van der Waals surface area contributed by atoms with Crippen molar-refractivity contribution in [1.82, 2.24) is 9.88 Å². The minimum atomic E-state index is -0.677. The van der Waals surface area contributed by atoms with Gasteiger partial charge in [-0.25, -0.2) is 4.39 Å². The first-order valence-electron chi connectivity index (χ1n) is 6.14. The Hall–Kier alpha value is -1.38. The fourth-order valence-corrected chi connectivity index (χ4v) is 2.21. The summed E-state index contributed by atoms with van der Waals surface area (Å²) in [5, 5.41) is 0. The van der Waals surface area contributed by atoms with Gasteiger partial charge in [-0.1, -0.05) is 12.6 Å². The normalized spacial score (nSPS) is 19.6. The predicted molar refractivity (Wildman–Crippen MR) is 67.5 cm³/mol. The first-order valence-corrected chi connectivity index (χ1v) is 6.14. The van der Waals surface area contributed by atoms with Gasteiger partial charge in [0.1, 0.15) is 6.17 Å². The zero-order chi connectivity index (χ0) is 12.3. The van der Waals surface area contributed by atoms with Crippen molar-refractivity contribution in [2.45, 2.75) is 32.4 Å². The topological polar surface area (TPSA) is 16.1 Å². The molecule has 1 aromatic heterocycles. The van der Waals surface area contributed by atoms with Crippen molar-refractivity contribution < 1.29 is 4.39 Å². The lowest BCUT2D eigenvalue weighted by atomic mass is 10.1. The minimum Gasteiger partial charge on any atom is -0.372 e. The fourth-order valence-electron chi connectivity index (χ4n) is 2.21. The van der Waals surface area contributed by atoms with Gasteiger partial charge in [0.25, 0.3) is 0 Å². The number of alkyl halides is 1. The van der Waals surface area contributed by atoms with Gasteiger partial charge in [0.2, 0.25) is 0 Å². The fraction of sp³-hybridized carbons (Fsp3) is 0.500. The first kappa shape index (κ1) is 12.1. The van der Waals surface area contributed by atoms with Crippen molar-refractivity contribution in [3.63, 3.8) is 0 Å². The van der Waals surface area contributed by atoms with Crippen molar-refractivity contribution in [2.24, 2.45) is 0 Å². The molecule has 0 N–H and O–H groups in total. The molecule has 17 heavy (non-hydrogen) atoms. The van der Waals surface area contributed by atoms with Gasteiger partial charge in [-0.05, 0) is 37.8 Å². The summed E-state index contributed by atoms with van der Waals surface area (Å²) in [4.78, 5) is 6.42. The van der Waals surface area contributed by atoms with Gasteiger partial charge in [-0.2, -0.15) is 0 Å². The second-order valence-corrected chi connectivity index (χ2v) is 4.67. The summed E-state index contributed by atoms with van der Waals surface area (Å²) < 4.78 is 13.1. The number of nitrogens with zero attached hydrogens (tertiary/aromatic N) is 2. The van der Waals surface area contributed by atoms with Crippen molar-refractivity contribution in [3.8, 4) is 0 Å². The smallest absolute Gasteiger partial charge is 0.119 e. The highest BCUT2D eigenvalue weighted by Crippen LogP contribution is 2.20. The highest BCUT2D eigenvalue weighted by atomic mass is 19.1. The van der Waals surface area contributed by atoms with Gasteiger partial charge in [0, 0.05) is 30.7 Å². The molecule has 1 unspecified atom stereocenters. The predicted octanol–water partition coefficient (Wildman–Crippen LogP) is 2.88. The Morgan fingerprint density at radius 3 is 3.12 bits per heavy atom. The third-order valence-corrected chi connectivity index (χ3v) is 3.35. The molecule has 2 rings (SSSR count). The van der Waals surface area contributed by atoms with E-state index in [0.717, 1.165) is 30.8 Å². The molecule has 3 heteroatoms. The van der Waals surface area contributed by atoms with Crippen LogP contribution in [-0.4, -0.2) is 29.1 Å². The van der Waals surface area contributed by atoms with E-state index in [1.54, 1.807) is 0 Å². The highest BCUT2D eigenvalue weighted by Gasteiger charge is 2.22. The Morgan fingerprint density at radius 1 is 1.65 bits per heavy atom. The number of hydrogen-bond donors (Lipinski definition) is 0. The van der Waals surface area contributed by atoms with Gasteiger partial charge < -0.3 is 4.90 Å². The van der Waals surface area contributed by atoms with Crippen molar-refractivity contribution in [3.05, 3.63) is 41.9 Å². The van der Waals surface area contributed by atoms with E-state index in [9.17, 15) is 4.39 Å². The van der Waals surface area contributed by atoms with Gasteiger partial charge in [-0.15, -0.1) is 0 Å². The van der Waals surface area contributed by atoms with Gasteiger partial charge in [0.05, 0.1) is 0 Å². The molecule has 0 aliphatic carbocycles. The number of hydrogen-bond acceptors (Lipinski definition) is 2. The van der Waals surface area contributed by atoms with E-state index in [1.807, 2.05) is 12.3 Å². The SMILES string of the molecule is C=C(CCc1ncccc1C)N1CCC(F)C1. The maximum Gasteiger partial charge on any atom is 0.119 e. The monoisotopic (exact) mass is 234 g/mol. The molecule has 0 radical (unpaired) electrons. The number of aryl methyl sites for hydroxylation is 2. The lowest BCUT2D eigenvalue weighted by molar-refractivity contribution is 0.320. The van der Waals surface area contributed by atoms with E-state index < -0.39 is 6.17 Å². The zero-order valence-corrected chi connectivity index (χ0v) is 10.3. The Kier molecular flexibility index (Phi) is 3.77. The van der Waals surface area contributed by atoms with Crippen LogP contribution in [0, 0.1) is 6.92 Å². The third-order valence-electron chi connectivity index (χ3n) is 3.35. The van der Waals surface area contributed by atoms with Crippen molar-refractivity contribution in [1.29, 1.82) is 0 Å². The van der Waals surface area contributed by atoms with Gasteiger partial charge in [0.15, 0.2) is 0 Å². The molecule has 1 aliphatic heterocycles. The minimum absolute atomic E-state index is 0.514. The molecule has 2 heterocycles. The number of allylic oxidation sites excluding steroid dienone is 1. The second kappa shape index (κ2) is 5.30. The molecule has 1 fully saturated rings. The zero-order valence-electron chi connectivity index (χ0n) is 10.3. The molecule has 1 atom stereocenters. The van der Waals surface area contributed by atoms with Crippen LogP contribution in [0.15, 0.2) is 30.6 Å². The van der Waals surface area contributed by atoms with E-state index in [2.05, 4.69) is 29.5 Å². The van der Waals surface area contributed by atoms with Gasteiger partial charge >= 0.3 is 0 Å². The van der Waals surface area contributed by atoms with Crippen LogP contribution in [0.25, 0.3) is 0 Å². The summed E-state index contributed by atoms with van der Waals surface area (Å²) in [5.74, 6) is 0. The van der Waals surface area contributed by atoms with E-state index in [0.29, 0.717) is 13.0 Å². The molecule has 0 spiro atoms. The summed E-state index contributed by atoms with van der Waals surface area (Å²) >= 11 is 0. The summed E-state index contributed by atoms with van der Waals surface area (Å²) in [7, 11) is 0. The van der Waals surface area contributed by atoms with E-state index in [-0.39, 0.29) is 0 Å². The highest BCUT2D eigenvalue weighted by molar-refractivity contribution is 5.18. The van der Waals surface area contributed by atoms with E-state index >= 15 is 0 Å². The Balaban J connectivity index is 1.86. The number of halogens is 1. The summed E-state index contributed by atoms with van der Waals surface area (Å²) in [6, 6.07) is 4.01. The molecule has 92 valence electrons. The molecular formula is C14H19FN2. The Labute approximate surface area is 102 Å². The molecule has 1 saturated heterocycles. The molecule has 1 aromatic rings. The van der Waals surface area contributed by atoms with Crippen molar-refractivity contribution in [2.75, 3.05) is 13.1 Å². The summed E-state index contributed by atoms with van der Waals surface area (Å²) in [5.41, 5.74) is 3.37. The first-order chi connectivity index (χ1) is 8.16. The lowest BCUT2D eigenvalue weighted by Gasteiger charge is -2.20. The molecule has 0 bridgehead atoms. The third kappa shape index (κ3) is 3.05. The second-order valence-electron chi connectivity index (χ2n) is 4.67. The molecule has 1 aliphatic rings. The largest absolute Gasteiger partial charge is 0.372 e. The van der Waals surface area contributed by atoms with E-state index in [4.69, 9.17) is 0 Å². The van der Waals surface area contributed by atoms with Crippen LogP contribution in [0.5, 0.6) is 0 Å². The van der Waals surface area contributed by atoms with Gasteiger partial charge in [-0.3, -0.25) is 4.98 Å². The quantitative estimate of drug-likeness (QED) is 0.796. The van der Waals surface area contributed by atoms with Crippen molar-refractivity contribution >= 4 is 0 Å². The number of pyridine rings is 1. The molecule has 2 nitrogen and oxygen atoms in total. The lowest BCUT2D eigenvalue weighted by Crippen LogP contribution is -2.20. The molecule has 0 saturated carbocycles. The Bertz CT molecular complexity index is 403. The molecule has 0 amide bonds. The van der Waals surface area contributed by atoms with Crippen LogP contribution < -0.4 is 0 Å². The van der Waals surface area contributed by atoms with Crippen LogP contribution in [0.2, 0.25) is 0 Å². The van der Waals surface area contributed by atoms with Crippen LogP contribution in [0.3, 0.4) is 0 Å². The van der Waals surface area contributed by atoms with Crippen LogP contribution in [-0.2, 0) is 6.42 Å². The Morgan fingerprint density at radius 2 is 2.47 bits per heavy atom. The maximum absolute atomic E-state index is 13.1. The molecular weight excluding hydrogens is 215 g/mol. The number of rotatable bonds is 4. The van der Waals surface area contributed by atoms with E-state index in [1.165, 1.54) is 5.56 Å².